The summed E-state index contributed by atoms with van der Waals surface area (Å²) >= 11 is 6.61. The molecule has 1 saturated carbocycles. The molecule has 5 rings (SSSR count). The number of hydrogen-bond acceptors (Lipinski definition) is 3. The molecule has 1 aliphatic carbocycles. The van der Waals surface area contributed by atoms with Crippen LogP contribution in [0.25, 0.3) is 0 Å². The summed E-state index contributed by atoms with van der Waals surface area (Å²) in [5.41, 5.74) is 1.90. The highest BCUT2D eigenvalue weighted by Crippen LogP contribution is 2.56. The van der Waals surface area contributed by atoms with Gasteiger partial charge in [-0.2, -0.15) is 0 Å². The molecule has 3 nitrogen and oxygen atoms in total. The number of rotatable bonds is 10. The molecule has 0 unspecified atom stereocenters. The summed E-state index contributed by atoms with van der Waals surface area (Å²) in [4.78, 5) is 0. The van der Waals surface area contributed by atoms with Crippen LogP contribution in [0.3, 0.4) is 0 Å². The van der Waals surface area contributed by atoms with Crippen molar-refractivity contribution in [3.63, 3.8) is 0 Å². The molecular formula is C37H39ClF2O3. The van der Waals surface area contributed by atoms with Crippen LogP contribution in [0.5, 0.6) is 0 Å². The monoisotopic (exact) mass is 604 g/mol. The highest BCUT2D eigenvalue weighted by molar-refractivity contribution is 6.31. The maximum atomic E-state index is 16.9. The van der Waals surface area contributed by atoms with Gasteiger partial charge in [-0.3, -0.25) is 0 Å². The van der Waals surface area contributed by atoms with Crippen molar-refractivity contribution in [3.05, 3.63) is 142 Å². The van der Waals surface area contributed by atoms with Gasteiger partial charge in [-0.1, -0.05) is 128 Å². The van der Waals surface area contributed by atoms with E-state index in [1.54, 1.807) is 26.0 Å². The molecule has 1 N–H and O–H groups in total. The topological polar surface area (TPSA) is 38.7 Å². The zero-order valence-electron chi connectivity index (χ0n) is 24.9. The van der Waals surface area contributed by atoms with E-state index in [1.165, 1.54) is 6.07 Å². The Morgan fingerprint density at radius 2 is 1.37 bits per heavy atom. The normalized spacial score (nSPS) is 25.0. The molecule has 0 spiro atoms. The van der Waals surface area contributed by atoms with Crippen molar-refractivity contribution in [2.24, 2.45) is 11.8 Å². The van der Waals surface area contributed by atoms with Crippen LogP contribution in [0.1, 0.15) is 53.6 Å². The van der Waals surface area contributed by atoms with E-state index in [0.717, 1.165) is 22.3 Å². The first-order chi connectivity index (χ1) is 20.6. The van der Waals surface area contributed by atoms with E-state index in [2.05, 4.69) is 0 Å². The molecule has 0 saturated heterocycles. The predicted molar refractivity (Wildman–Crippen MR) is 167 cm³/mol. The molecule has 6 heteroatoms. The van der Waals surface area contributed by atoms with E-state index in [1.807, 2.05) is 91.9 Å². The SMILES string of the molecule is CC[C@@H]1[C@@H](C)[C@H](OCc2ccccc2)[C@@H](OCc2ccccc2)[C@](O)(c2ccc(Cl)c(Cc3ccc(C)cc3)c2)C1(F)F. The molecule has 0 bridgehead atoms. The van der Waals surface area contributed by atoms with Gasteiger partial charge in [0, 0.05) is 10.9 Å². The van der Waals surface area contributed by atoms with E-state index < -0.39 is 35.6 Å². The fraction of sp³-hybridized carbons (Fsp3) is 0.351. The Balaban J connectivity index is 1.59. The van der Waals surface area contributed by atoms with Gasteiger partial charge >= 0.3 is 0 Å². The molecule has 43 heavy (non-hydrogen) atoms. The van der Waals surface area contributed by atoms with Crippen molar-refractivity contribution in [1.82, 2.24) is 0 Å². The first kappa shape index (κ1) is 31.3. The van der Waals surface area contributed by atoms with Gasteiger partial charge in [-0.15, -0.1) is 0 Å². The van der Waals surface area contributed by atoms with Crippen molar-refractivity contribution in [3.8, 4) is 0 Å². The lowest BCUT2D eigenvalue weighted by Crippen LogP contribution is -2.69. The minimum atomic E-state index is -3.52. The fourth-order valence-electron chi connectivity index (χ4n) is 6.38. The van der Waals surface area contributed by atoms with Crippen molar-refractivity contribution >= 4 is 11.6 Å². The number of aryl methyl sites for hydroxylation is 1. The Kier molecular flexibility index (Phi) is 9.67. The molecule has 1 aliphatic rings. The van der Waals surface area contributed by atoms with Gasteiger partial charge in [0.2, 0.25) is 0 Å². The Morgan fingerprint density at radius 1 is 0.791 bits per heavy atom. The van der Waals surface area contributed by atoms with Gasteiger partial charge in [0.25, 0.3) is 5.92 Å². The summed E-state index contributed by atoms with van der Waals surface area (Å²) in [5.74, 6) is -5.26. The Labute approximate surface area is 258 Å². The summed E-state index contributed by atoms with van der Waals surface area (Å²) in [6, 6.07) is 31.7. The second kappa shape index (κ2) is 13.3. The van der Waals surface area contributed by atoms with Crippen LogP contribution in [0.4, 0.5) is 8.78 Å². The summed E-state index contributed by atoms with van der Waals surface area (Å²) in [5, 5.41) is 13.0. The first-order valence-electron chi connectivity index (χ1n) is 14.9. The molecule has 0 heterocycles. The smallest absolute Gasteiger partial charge is 0.286 e. The maximum absolute atomic E-state index is 16.9. The molecule has 1 fully saturated rings. The maximum Gasteiger partial charge on any atom is 0.286 e. The van der Waals surface area contributed by atoms with Crippen molar-refractivity contribution in [2.45, 2.75) is 70.6 Å². The number of benzene rings is 4. The molecule has 0 radical (unpaired) electrons. The number of halogens is 3. The van der Waals surface area contributed by atoms with Crippen molar-refractivity contribution in [2.75, 3.05) is 0 Å². The van der Waals surface area contributed by atoms with Gasteiger partial charge in [0.1, 0.15) is 6.10 Å². The fourth-order valence-corrected chi connectivity index (χ4v) is 6.57. The van der Waals surface area contributed by atoms with Gasteiger partial charge < -0.3 is 14.6 Å². The van der Waals surface area contributed by atoms with Crippen LogP contribution in [0.15, 0.2) is 103 Å². The average molecular weight is 605 g/mol. The number of alkyl halides is 2. The predicted octanol–water partition coefficient (Wildman–Crippen LogP) is 8.91. The minimum absolute atomic E-state index is 0.0441. The summed E-state index contributed by atoms with van der Waals surface area (Å²) < 4.78 is 46.5. The highest BCUT2D eigenvalue weighted by atomic mass is 35.5. The second-order valence-electron chi connectivity index (χ2n) is 11.7. The van der Waals surface area contributed by atoms with Gasteiger partial charge in [-0.25, -0.2) is 8.78 Å². The molecule has 226 valence electrons. The Hall–Kier alpha value is -3.09. The van der Waals surface area contributed by atoms with Crippen LogP contribution in [-0.2, 0) is 34.7 Å². The molecule has 5 atom stereocenters. The number of ether oxygens (including phenoxy) is 2. The Morgan fingerprint density at radius 3 is 1.95 bits per heavy atom. The van der Waals surface area contributed by atoms with Crippen molar-refractivity contribution in [1.29, 1.82) is 0 Å². The van der Waals surface area contributed by atoms with Crippen LogP contribution in [-0.4, -0.2) is 23.2 Å². The zero-order chi connectivity index (χ0) is 30.6. The molecule has 0 aliphatic heterocycles. The van der Waals surface area contributed by atoms with Crippen molar-refractivity contribution < 1.29 is 23.4 Å². The molecular weight excluding hydrogens is 566 g/mol. The Bertz CT molecular complexity index is 1480. The molecule has 4 aromatic carbocycles. The number of aliphatic hydroxyl groups is 1. The van der Waals surface area contributed by atoms with E-state index in [0.29, 0.717) is 17.0 Å². The van der Waals surface area contributed by atoms with Crippen LogP contribution < -0.4 is 0 Å². The summed E-state index contributed by atoms with van der Waals surface area (Å²) in [7, 11) is 0. The summed E-state index contributed by atoms with van der Waals surface area (Å²) in [6.45, 7) is 5.77. The van der Waals surface area contributed by atoms with Crippen LogP contribution in [0, 0.1) is 18.8 Å². The lowest BCUT2D eigenvalue weighted by atomic mass is 9.62. The first-order valence-corrected chi connectivity index (χ1v) is 15.3. The zero-order valence-corrected chi connectivity index (χ0v) is 25.6. The second-order valence-corrected chi connectivity index (χ2v) is 12.1. The minimum Gasteiger partial charge on any atom is -0.376 e. The third-order valence-corrected chi connectivity index (χ3v) is 9.20. The third-order valence-electron chi connectivity index (χ3n) is 8.84. The number of hydrogen-bond donors (Lipinski definition) is 1. The van der Waals surface area contributed by atoms with Crippen LogP contribution >= 0.6 is 11.6 Å². The average Bonchev–Trinajstić information content (AvgIpc) is 3.01. The van der Waals surface area contributed by atoms with E-state index in [9.17, 15) is 5.11 Å². The molecule has 4 aromatic rings. The van der Waals surface area contributed by atoms with E-state index in [4.69, 9.17) is 21.1 Å². The summed E-state index contributed by atoms with van der Waals surface area (Å²) in [6.07, 6.45) is -1.57. The lowest BCUT2D eigenvalue weighted by molar-refractivity contribution is -0.331. The van der Waals surface area contributed by atoms with Crippen LogP contribution in [0.2, 0.25) is 5.02 Å². The van der Waals surface area contributed by atoms with E-state index >= 15 is 8.78 Å². The quantitative estimate of drug-likeness (QED) is 0.196. The van der Waals surface area contributed by atoms with Gasteiger partial charge in [0.05, 0.1) is 19.3 Å². The van der Waals surface area contributed by atoms with Gasteiger partial charge in [-0.05, 0) is 59.6 Å². The molecule has 0 amide bonds. The van der Waals surface area contributed by atoms with E-state index in [-0.39, 0.29) is 25.2 Å². The largest absolute Gasteiger partial charge is 0.376 e. The lowest BCUT2D eigenvalue weighted by Gasteiger charge is -2.54. The third kappa shape index (κ3) is 6.41. The molecule has 0 aromatic heterocycles. The highest BCUT2D eigenvalue weighted by Gasteiger charge is 2.70. The standard InChI is InChI=1S/C37H39ClF2O3/c1-4-32-26(3)34(42-23-28-11-7-5-8-12-28)35(43-24-29-13-9-6-10-14-29)36(41,37(32,39)40)31-19-20-33(38)30(22-31)21-27-17-15-25(2)16-18-27/h5-20,22,26,32,34-35,41H,4,21,23-24H2,1-3H3/t26-,32-,34+,35-,36-/m1/s1. The van der Waals surface area contributed by atoms with Gasteiger partial charge in [0.15, 0.2) is 5.60 Å².